The van der Waals surface area contributed by atoms with Crippen molar-refractivity contribution in [3.05, 3.63) is 66.8 Å². The number of hydrogen-bond donors (Lipinski definition) is 1. The Hall–Kier alpha value is -3.08. The third kappa shape index (κ3) is 2.69. The minimum atomic E-state index is -0.374. The van der Waals surface area contributed by atoms with Crippen molar-refractivity contribution in [3.8, 4) is 17.0 Å². The molecule has 5 heteroatoms. The highest BCUT2D eigenvalue weighted by Gasteiger charge is 2.19. The number of para-hydroxylation sites is 2. The maximum absolute atomic E-state index is 12.4. The lowest BCUT2D eigenvalue weighted by Crippen LogP contribution is -2.13. The van der Waals surface area contributed by atoms with E-state index in [1.807, 2.05) is 42.5 Å². The Morgan fingerprint density at radius 2 is 1.82 bits per heavy atom. The van der Waals surface area contributed by atoms with Crippen molar-refractivity contribution in [1.29, 1.82) is 0 Å². The number of rotatable bonds is 4. The molecule has 0 radical (unpaired) electrons. The Morgan fingerprint density at radius 1 is 1.09 bits per heavy atom. The van der Waals surface area contributed by atoms with Gasteiger partial charge in [-0.1, -0.05) is 42.5 Å². The van der Waals surface area contributed by atoms with Crippen LogP contribution in [0.5, 0.6) is 5.75 Å². The second-order valence-electron chi connectivity index (χ2n) is 4.55. The lowest BCUT2D eigenvalue weighted by atomic mass is 10.1. The van der Waals surface area contributed by atoms with Crippen molar-refractivity contribution >= 4 is 11.6 Å². The first-order chi connectivity index (χ1) is 10.8. The topological polar surface area (TPSA) is 64.4 Å². The average molecular weight is 294 g/mol. The molecule has 0 aliphatic heterocycles. The molecule has 2 aromatic carbocycles. The molecule has 1 amide bonds. The summed E-state index contributed by atoms with van der Waals surface area (Å²) in [6, 6.07) is 16.6. The van der Waals surface area contributed by atoms with E-state index < -0.39 is 0 Å². The zero-order valence-electron chi connectivity index (χ0n) is 11.9. The first-order valence-corrected chi connectivity index (χ1v) is 6.73. The zero-order valence-corrected chi connectivity index (χ0v) is 11.9. The fourth-order valence-electron chi connectivity index (χ4n) is 2.14. The largest absolute Gasteiger partial charge is 0.495 e. The fourth-order valence-corrected chi connectivity index (χ4v) is 2.14. The SMILES string of the molecule is COc1ccccc1NC(=O)c1ocnc1-c1ccccc1. The Balaban J connectivity index is 1.90. The summed E-state index contributed by atoms with van der Waals surface area (Å²) in [4.78, 5) is 16.6. The van der Waals surface area contributed by atoms with Gasteiger partial charge in [0, 0.05) is 5.56 Å². The Bertz CT molecular complexity index is 781. The number of aromatic nitrogens is 1. The maximum Gasteiger partial charge on any atom is 0.293 e. The molecule has 0 spiro atoms. The van der Waals surface area contributed by atoms with Gasteiger partial charge in [-0.05, 0) is 12.1 Å². The molecule has 0 fully saturated rings. The van der Waals surface area contributed by atoms with E-state index in [2.05, 4.69) is 10.3 Å². The zero-order chi connectivity index (χ0) is 15.4. The lowest BCUT2D eigenvalue weighted by Gasteiger charge is -2.09. The van der Waals surface area contributed by atoms with E-state index >= 15 is 0 Å². The van der Waals surface area contributed by atoms with Crippen LogP contribution in [0.15, 0.2) is 65.4 Å². The third-order valence-corrected chi connectivity index (χ3v) is 3.18. The van der Waals surface area contributed by atoms with Crippen LogP contribution in [-0.2, 0) is 0 Å². The number of oxazole rings is 1. The molecule has 3 aromatic rings. The van der Waals surface area contributed by atoms with Crippen molar-refractivity contribution in [2.45, 2.75) is 0 Å². The molecule has 0 aliphatic carbocycles. The van der Waals surface area contributed by atoms with E-state index in [4.69, 9.17) is 9.15 Å². The van der Waals surface area contributed by atoms with Crippen LogP contribution in [-0.4, -0.2) is 18.0 Å². The van der Waals surface area contributed by atoms with Gasteiger partial charge in [0.1, 0.15) is 11.4 Å². The molecule has 0 saturated heterocycles. The number of amides is 1. The van der Waals surface area contributed by atoms with E-state index in [-0.39, 0.29) is 11.7 Å². The highest BCUT2D eigenvalue weighted by Crippen LogP contribution is 2.26. The molecule has 0 saturated carbocycles. The predicted molar refractivity (Wildman–Crippen MR) is 82.9 cm³/mol. The summed E-state index contributed by atoms with van der Waals surface area (Å²) in [6.45, 7) is 0. The number of carbonyl (C=O) groups excluding carboxylic acids is 1. The van der Waals surface area contributed by atoms with Crippen LogP contribution >= 0.6 is 0 Å². The number of nitrogens with zero attached hydrogens (tertiary/aromatic N) is 1. The summed E-state index contributed by atoms with van der Waals surface area (Å²) < 4.78 is 10.5. The van der Waals surface area contributed by atoms with Crippen molar-refractivity contribution in [2.24, 2.45) is 0 Å². The first kappa shape index (κ1) is 13.9. The molecule has 0 unspecified atom stereocenters. The van der Waals surface area contributed by atoms with Crippen LogP contribution < -0.4 is 10.1 Å². The predicted octanol–water partition coefficient (Wildman–Crippen LogP) is 3.60. The minimum absolute atomic E-state index is 0.164. The summed E-state index contributed by atoms with van der Waals surface area (Å²) in [6.07, 6.45) is 1.26. The number of anilines is 1. The van der Waals surface area contributed by atoms with Crippen LogP contribution in [0.3, 0.4) is 0 Å². The molecule has 3 rings (SSSR count). The molecule has 1 aromatic heterocycles. The van der Waals surface area contributed by atoms with E-state index in [1.165, 1.54) is 6.39 Å². The molecule has 0 aliphatic rings. The average Bonchev–Trinajstić information content (AvgIpc) is 3.06. The summed E-state index contributed by atoms with van der Waals surface area (Å²) in [5, 5.41) is 2.78. The van der Waals surface area contributed by atoms with Crippen molar-refractivity contribution in [2.75, 3.05) is 12.4 Å². The van der Waals surface area contributed by atoms with Gasteiger partial charge in [0.2, 0.25) is 5.76 Å². The quantitative estimate of drug-likeness (QED) is 0.798. The lowest BCUT2D eigenvalue weighted by molar-refractivity contribution is 0.0997. The number of nitrogens with one attached hydrogen (secondary N) is 1. The summed E-state index contributed by atoms with van der Waals surface area (Å²) in [5.74, 6) is 0.370. The second kappa shape index (κ2) is 6.13. The molecule has 1 N–H and O–H groups in total. The van der Waals surface area contributed by atoms with Crippen LogP contribution in [0.25, 0.3) is 11.3 Å². The number of carbonyl (C=O) groups is 1. The molecular weight excluding hydrogens is 280 g/mol. The van der Waals surface area contributed by atoms with Gasteiger partial charge in [0.15, 0.2) is 6.39 Å². The molecule has 110 valence electrons. The van der Waals surface area contributed by atoms with Crippen molar-refractivity contribution in [1.82, 2.24) is 4.98 Å². The van der Waals surface area contributed by atoms with E-state index in [0.29, 0.717) is 17.1 Å². The highest BCUT2D eigenvalue weighted by atomic mass is 16.5. The fraction of sp³-hybridized carbons (Fsp3) is 0.0588. The van der Waals surface area contributed by atoms with Gasteiger partial charge in [-0.2, -0.15) is 0 Å². The van der Waals surface area contributed by atoms with E-state index in [0.717, 1.165) is 5.56 Å². The van der Waals surface area contributed by atoms with Gasteiger partial charge in [-0.15, -0.1) is 0 Å². The monoisotopic (exact) mass is 294 g/mol. The molecular formula is C17H14N2O3. The molecule has 5 nitrogen and oxygen atoms in total. The summed E-state index contributed by atoms with van der Waals surface area (Å²) in [5.41, 5.74) is 1.90. The maximum atomic E-state index is 12.4. The Labute approximate surface area is 127 Å². The third-order valence-electron chi connectivity index (χ3n) is 3.18. The van der Waals surface area contributed by atoms with Gasteiger partial charge in [-0.3, -0.25) is 4.79 Å². The molecule has 0 atom stereocenters. The van der Waals surface area contributed by atoms with Crippen molar-refractivity contribution in [3.63, 3.8) is 0 Å². The number of ether oxygens (including phenoxy) is 1. The molecule has 22 heavy (non-hydrogen) atoms. The second-order valence-corrected chi connectivity index (χ2v) is 4.55. The van der Waals surface area contributed by atoms with Gasteiger partial charge in [0.25, 0.3) is 5.91 Å². The minimum Gasteiger partial charge on any atom is -0.495 e. The Kier molecular flexibility index (Phi) is 3.87. The Morgan fingerprint density at radius 3 is 2.59 bits per heavy atom. The standard InChI is InChI=1S/C17H14N2O3/c1-21-14-10-6-5-9-13(14)19-17(20)16-15(18-11-22-16)12-7-3-2-4-8-12/h2-11H,1H3,(H,19,20). The van der Waals surface area contributed by atoms with Crippen LogP contribution in [0.2, 0.25) is 0 Å². The van der Waals surface area contributed by atoms with Crippen molar-refractivity contribution < 1.29 is 13.9 Å². The van der Waals surface area contributed by atoms with Gasteiger partial charge < -0.3 is 14.5 Å². The smallest absolute Gasteiger partial charge is 0.293 e. The van der Waals surface area contributed by atoms with Gasteiger partial charge in [0.05, 0.1) is 12.8 Å². The molecule has 0 bridgehead atoms. The van der Waals surface area contributed by atoms with E-state index in [1.54, 1.807) is 19.2 Å². The number of methoxy groups -OCH3 is 1. The highest BCUT2D eigenvalue weighted by molar-refractivity contribution is 6.06. The molecule has 1 heterocycles. The summed E-state index contributed by atoms with van der Waals surface area (Å²) >= 11 is 0. The normalized spacial score (nSPS) is 10.2. The number of benzene rings is 2. The van der Waals surface area contributed by atoms with Crippen LogP contribution in [0.1, 0.15) is 10.6 Å². The first-order valence-electron chi connectivity index (χ1n) is 6.73. The number of hydrogen-bond acceptors (Lipinski definition) is 4. The summed E-state index contributed by atoms with van der Waals surface area (Å²) in [7, 11) is 1.55. The van der Waals surface area contributed by atoms with Gasteiger partial charge in [-0.25, -0.2) is 4.98 Å². The van der Waals surface area contributed by atoms with E-state index in [9.17, 15) is 4.79 Å². The van der Waals surface area contributed by atoms with Crippen LogP contribution in [0, 0.1) is 0 Å². The van der Waals surface area contributed by atoms with Crippen LogP contribution in [0.4, 0.5) is 5.69 Å². The van der Waals surface area contributed by atoms with Gasteiger partial charge >= 0.3 is 0 Å².